The molecule has 0 amide bonds. The third-order valence-corrected chi connectivity index (χ3v) is 10.6. The lowest BCUT2D eigenvalue weighted by Crippen LogP contribution is -2.29. The van der Waals surface area contributed by atoms with Gasteiger partial charge in [-0.05, 0) is 93.3 Å². The van der Waals surface area contributed by atoms with E-state index in [1.165, 1.54) is 96.3 Å². The molecule has 0 saturated heterocycles. The van der Waals surface area contributed by atoms with Crippen LogP contribution in [0.1, 0.15) is 167 Å². The van der Waals surface area contributed by atoms with Gasteiger partial charge >= 0.3 is 0 Å². The molecule has 34 heavy (non-hydrogen) atoms. The molecular formula is C33H61F. The molecule has 0 spiro atoms. The topological polar surface area (TPSA) is 0 Å². The standard InChI is InChI=1S/C33H61F/c1-2-3-4-5-6-7-10-13-28-15-19-30(20-16-28)32-23-25-33(26-24-32)31-21-17-29(18-22-31)14-11-8-9-12-27-34/h28-33H,2-27H2,1H3. The summed E-state index contributed by atoms with van der Waals surface area (Å²) in [5, 5.41) is 0. The SMILES string of the molecule is CCCCCCCCCC1CCC(C2CCC(C3CCC(CCCCCCF)CC3)CC2)CC1. The van der Waals surface area contributed by atoms with Crippen molar-refractivity contribution in [3.63, 3.8) is 0 Å². The monoisotopic (exact) mass is 476 g/mol. The highest BCUT2D eigenvalue weighted by Crippen LogP contribution is 2.46. The summed E-state index contributed by atoms with van der Waals surface area (Å²) in [6.45, 7) is 2.20. The summed E-state index contributed by atoms with van der Waals surface area (Å²) in [6, 6.07) is 0. The van der Waals surface area contributed by atoms with Crippen molar-refractivity contribution >= 4 is 0 Å². The van der Waals surface area contributed by atoms with Crippen LogP contribution in [0.2, 0.25) is 0 Å². The molecule has 3 fully saturated rings. The molecule has 0 aromatic carbocycles. The Kier molecular flexibility index (Phi) is 14.6. The summed E-state index contributed by atoms with van der Waals surface area (Å²) in [5.41, 5.74) is 0. The first kappa shape index (κ1) is 28.5. The fourth-order valence-electron chi connectivity index (χ4n) is 8.26. The van der Waals surface area contributed by atoms with Crippen molar-refractivity contribution < 1.29 is 4.39 Å². The van der Waals surface area contributed by atoms with E-state index in [0.717, 1.165) is 48.3 Å². The van der Waals surface area contributed by atoms with Gasteiger partial charge in [0, 0.05) is 0 Å². The van der Waals surface area contributed by atoms with Crippen LogP contribution in [0, 0.1) is 35.5 Å². The average Bonchev–Trinajstić information content (AvgIpc) is 2.89. The van der Waals surface area contributed by atoms with Crippen LogP contribution in [-0.2, 0) is 0 Å². The van der Waals surface area contributed by atoms with Gasteiger partial charge in [-0.15, -0.1) is 0 Å². The van der Waals surface area contributed by atoms with Crippen molar-refractivity contribution in [2.45, 2.75) is 167 Å². The van der Waals surface area contributed by atoms with E-state index < -0.39 is 0 Å². The van der Waals surface area contributed by atoms with E-state index in [-0.39, 0.29) is 6.67 Å². The molecule has 0 bridgehead atoms. The van der Waals surface area contributed by atoms with Gasteiger partial charge in [0.25, 0.3) is 0 Å². The summed E-state index contributed by atoms with van der Waals surface area (Å²) in [6.07, 6.45) is 36.2. The van der Waals surface area contributed by atoms with Crippen LogP contribution in [0.5, 0.6) is 0 Å². The minimum absolute atomic E-state index is 0.117. The summed E-state index contributed by atoms with van der Waals surface area (Å²) in [5.74, 6) is 6.35. The molecular weight excluding hydrogens is 415 g/mol. The molecule has 0 unspecified atom stereocenters. The van der Waals surface area contributed by atoms with Crippen LogP contribution in [0.25, 0.3) is 0 Å². The van der Waals surface area contributed by atoms with Gasteiger partial charge in [-0.25, -0.2) is 0 Å². The maximum atomic E-state index is 12.2. The number of rotatable bonds is 16. The van der Waals surface area contributed by atoms with Crippen molar-refractivity contribution in [2.75, 3.05) is 6.67 Å². The summed E-state index contributed by atoms with van der Waals surface area (Å²) in [4.78, 5) is 0. The molecule has 3 aliphatic rings. The predicted octanol–water partition coefficient (Wildman–Crippen LogP) is 11.5. The Morgan fingerprint density at radius 2 is 0.735 bits per heavy atom. The van der Waals surface area contributed by atoms with Gasteiger partial charge in [0.2, 0.25) is 0 Å². The predicted molar refractivity (Wildman–Crippen MR) is 148 cm³/mol. The molecule has 0 radical (unpaired) electrons. The number of alkyl halides is 1. The van der Waals surface area contributed by atoms with Crippen LogP contribution >= 0.6 is 0 Å². The highest BCUT2D eigenvalue weighted by molar-refractivity contribution is 4.86. The maximum absolute atomic E-state index is 12.2. The molecule has 3 aliphatic carbocycles. The van der Waals surface area contributed by atoms with Crippen molar-refractivity contribution in [2.24, 2.45) is 35.5 Å². The lowest BCUT2D eigenvalue weighted by molar-refractivity contribution is 0.102. The zero-order valence-electron chi connectivity index (χ0n) is 23.2. The van der Waals surface area contributed by atoms with Crippen molar-refractivity contribution in [3.8, 4) is 0 Å². The average molecular weight is 477 g/mol. The zero-order chi connectivity index (χ0) is 23.8. The Hall–Kier alpha value is -0.0700. The minimum Gasteiger partial charge on any atom is -0.251 e. The summed E-state index contributed by atoms with van der Waals surface area (Å²) < 4.78 is 12.2. The third kappa shape index (κ3) is 10.5. The Morgan fingerprint density at radius 3 is 1.12 bits per heavy atom. The van der Waals surface area contributed by atoms with Gasteiger partial charge in [-0.2, -0.15) is 0 Å². The molecule has 0 nitrogen and oxygen atoms in total. The smallest absolute Gasteiger partial charge is 0.0894 e. The first-order valence-corrected chi connectivity index (χ1v) is 16.4. The molecule has 0 aromatic heterocycles. The van der Waals surface area contributed by atoms with Gasteiger partial charge in [0.1, 0.15) is 0 Å². The van der Waals surface area contributed by atoms with Gasteiger partial charge in [-0.3, -0.25) is 4.39 Å². The van der Waals surface area contributed by atoms with Crippen LogP contribution in [0.15, 0.2) is 0 Å². The minimum atomic E-state index is -0.117. The Labute approximate surface area is 214 Å². The molecule has 0 heterocycles. The highest BCUT2D eigenvalue weighted by Gasteiger charge is 2.34. The van der Waals surface area contributed by atoms with Crippen LogP contribution < -0.4 is 0 Å². The van der Waals surface area contributed by atoms with E-state index >= 15 is 0 Å². The first-order valence-electron chi connectivity index (χ1n) is 16.4. The fourth-order valence-corrected chi connectivity index (χ4v) is 8.26. The van der Waals surface area contributed by atoms with Crippen LogP contribution in [0.3, 0.4) is 0 Å². The highest BCUT2D eigenvalue weighted by atomic mass is 19.1. The number of hydrogen-bond acceptors (Lipinski definition) is 0. The molecule has 3 saturated carbocycles. The largest absolute Gasteiger partial charge is 0.251 e. The van der Waals surface area contributed by atoms with Crippen LogP contribution in [-0.4, -0.2) is 6.67 Å². The normalized spacial score (nSPS) is 32.6. The van der Waals surface area contributed by atoms with Crippen molar-refractivity contribution in [1.29, 1.82) is 0 Å². The van der Waals surface area contributed by atoms with E-state index in [1.54, 1.807) is 51.4 Å². The third-order valence-electron chi connectivity index (χ3n) is 10.6. The van der Waals surface area contributed by atoms with Crippen molar-refractivity contribution in [1.82, 2.24) is 0 Å². The molecule has 200 valence electrons. The van der Waals surface area contributed by atoms with E-state index in [1.807, 2.05) is 0 Å². The van der Waals surface area contributed by atoms with Gasteiger partial charge in [-0.1, -0.05) is 110 Å². The molecule has 1 heteroatoms. The quantitative estimate of drug-likeness (QED) is 0.194. The molecule has 0 aromatic rings. The number of halogens is 1. The first-order chi connectivity index (χ1) is 16.8. The number of hydrogen-bond donors (Lipinski definition) is 0. The van der Waals surface area contributed by atoms with Crippen molar-refractivity contribution in [3.05, 3.63) is 0 Å². The second-order valence-corrected chi connectivity index (χ2v) is 13.0. The van der Waals surface area contributed by atoms with Crippen LogP contribution in [0.4, 0.5) is 4.39 Å². The molecule has 0 N–H and O–H groups in total. The number of unbranched alkanes of at least 4 members (excludes halogenated alkanes) is 9. The zero-order valence-corrected chi connectivity index (χ0v) is 23.2. The second-order valence-electron chi connectivity index (χ2n) is 13.0. The summed E-state index contributed by atoms with van der Waals surface area (Å²) >= 11 is 0. The lowest BCUT2D eigenvalue weighted by atomic mass is 9.64. The van der Waals surface area contributed by atoms with E-state index in [2.05, 4.69) is 6.92 Å². The Balaban J connectivity index is 1.20. The van der Waals surface area contributed by atoms with Gasteiger partial charge in [0.05, 0.1) is 6.67 Å². The lowest BCUT2D eigenvalue weighted by Gasteiger charge is -2.41. The van der Waals surface area contributed by atoms with Gasteiger partial charge < -0.3 is 0 Å². The van der Waals surface area contributed by atoms with E-state index in [0.29, 0.717) is 0 Å². The molecule has 0 atom stereocenters. The van der Waals surface area contributed by atoms with E-state index in [4.69, 9.17) is 0 Å². The van der Waals surface area contributed by atoms with Gasteiger partial charge in [0.15, 0.2) is 0 Å². The van der Waals surface area contributed by atoms with E-state index in [9.17, 15) is 4.39 Å². The maximum Gasteiger partial charge on any atom is 0.0894 e. The Morgan fingerprint density at radius 1 is 0.412 bits per heavy atom. The fraction of sp³-hybridized carbons (Fsp3) is 1.00. The second kappa shape index (κ2) is 17.4. The summed E-state index contributed by atoms with van der Waals surface area (Å²) in [7, 11) is 0. The molecule has 3 rings (SSSR count). The Bertz CT molecular complexity index is 463. The molecule has 0 aliphatic heterocycles.